The second-order valence-corrected chi connectivity index (χ2v) is 7.41. The first-order valence-electron chi connectivity index (χ1n) is 9.47. The van der Waals surface area contributed by atoms with E-state index in [9.17, 15) is 0 Å². The van der Waals surface area contributed by atoms with E-state index in [0.717, 1.165) is 72.6 Å². The van der Waals surface area contributed by atoms with Crippen LogP contribution in [0, 0.1) is 6.92 Å². The van der Waals surface area contributed by atoms with Crippen LogP contribution >= 0.6 is 11.6 Å². The van der Waals surface area contributed by atoms with Gasteiger partial charge in [-0.2, -0.15) is 9.61 Å². The van der Waals surface area contributed by atoms with Crippen LogP contribution < -0.4 is 10.2 Å². The van der Waals surface area contributed by atoms with Gasteiger partial charge >= 0.3 is 0 Å². The molecule has 4 rings (SSSR count). The average molecular weight is 387 g/mol. The van der Waals surface area contributed by atoms with Gasteiger partial charge in [-0.15, -0.1) is 0 Å². The minimum absolute atomic E-state index is 0.726. The van der Waals surface area contributed by atoms with Crippen molar-refractivity contribution in [2.45, 2.75) is 13.3 Å². The van der Waals surface area contributed by atoms with E-state index in [2.05, 4.69) is 10.4 Å². The second kappa shape index (κ2) is 8.25. The molecule has 1 aliphatic heterocycles. The molecule has 0 saturated carbocycles. The fourth-order valence-electron chi connectivity index (χ4n) is 3.51. The monoisotopic (exact) mass is 386 g/mol. The fourth-order valence-corrected chi connectivity index (χ4v) is 3.63. The molecule has 0 radical (unpaired) electrons. The lowest BCUT2D eigenvalue weighted by Gasteiger charge is -2.23. The molecule has 0 spiro atoms. The van der Waals surface area contributed by atoms with Gasteiger partial charge in [-0.1, -0.05) is 23.7 Å². The summed E-state index contributed by atoms with van der Waals surface area (Å²) in [5, 5.41) is 8.83. The minimum Gasteiger partial charge on any atom is -0.370 e. The molecule has 0 unspecified atom stereocenters. The van der Waals surface area contributed by atoms with Gasteiger partial charge in [0.05, 0.1) is 26.0 Å². The molecule has 0 aliphatic carbocycles. The van der Waals surface area contributed by atoms with Crippen molar-refractivity contribution < 1.29 is 9.64 Å². The maximum atomic E-state index is 6.01. The summed E-state index contributed by atoms with van der Waals surface area (Å²) in [6, 6.07) is 9.84. The summed E-state index contributed by atoms with van der Waals surface area (Å²) in [4.78, 5) is 6.33. The standard InChI is InChI=1S/C20H24ClN5O/c1-15-13-19(22-7-2-8-25-9-11-27-12-10-25)26-20(24-15)18(14-23-26)16-3-5-17(21)6-4-16/h3-6,13-14,22H,2,7-12H2,1H3/p+1. The van der Waals surface area contributed by atoms with Crippen molar-refractivity contribution in [3.8, 4) is 11.1 Å². The van der Waals surface area contributed by atoms with Crippen LogP contribution in [-0.4, -0.2) is 54.0 Å². The van der Waals surface area contributed by atoms with E-state index in [1.54, 1.807) is 4.90 Å². The van der Waals surface area contributed by atoms with Crippen molar-refractivity contribution in [1.82, 2.24) is 14.6 Å². The minimum atomic E-state index is 0.726. The van der Waals surface area contributed by atoms with Gasteiger partial charge < -0.3 is 15.0 Å². The SMILES string of the molecule is Cc1cc(NCCC[NH+]2CCOCC2)n2ncc(-c3ccc(Cl)cc3)c2n1. The number of rotatable bonds is 6. The summed E-state index contributed by atoms with van der Waals surface area (Å²) < 4.78 is 7.31. The van der Waals surface area contributed by atoms with Gasteiger partial charge in [0.1, 0.15) is 18.9 Å². The normalized spacial score (nSPS) is 15.3. The molecule has 3 aromatic rings. The zero-order chi connectivity index (χ0) is 18.6. The van der Waals surface area contributed by atoms with Crippen molar-refractivity contribution in [2.24, 2.45) is 0 Å². The second-order valence-electron chi connectivity index (χ2n) is 6.98. The predicted octanol–water partition coefficient (Wildman–Crippen LogP) is 2.08. The van der Waals surface area contributed by atoms with Crippen molar-refractivity contribution in [3.05, 3.63) is 47.2 Å². The molecule has 7 heteroatoms. The quantitative estimate of drug-likeness (QED) is 0.637. The third kappa shape index (κ3) is 4.24. The predicted molar refractivity (Wildman–Crippen MR) is 108 cm³/mol. The van der Waals surface area contributed by atoms with Crippen LogP contribution in [-0.2, 0) is 4.74 Å². The van der Waals surface area contributed by atoms with Crippen LogP contribution in [0.1, 0.15) is 12.1 Å². The van der Waals surface area contributed by atoms with Gasteiger partial charge in [0.2, 0.25) is 0 Å². The Labute approximate surface area is 164 Å². The molecule has 1 aromatic carbocycles. The van der Waals surface area contributed by atoms with E-state index in [4.69, 9.17) is 21.3 Å². The number of halogens is 1. The third-order valence-corrected chi connectivity index (χ3v) is 5.22. The molecule has 6 nitrogen and oxygen atoms in total. The number of anilines is 1. The molecule has 1 aliphatic rings. The van der Waals surface area contributed by atoms with E-state index < -0.39 is 0 Å². The lowest BCUT2D eigenvalue weighted by molar-refractivity contribution is -0.908. The molecular formula is C20H25ClN5O+. The van der Waals surface area contributed by atoms with Crippen LogP contribution in [0.25, 0.3) is 16.8 Å². The van der Waals surface area contributed by atoms with Gasteiger partial charge in [-0.25, -0.2) is 4.98 Å². The maximum Gasteiger partial charge on any atom is 0.165 e. The summed E-state index contributed by atoms with van der Waals surface area (Å²) in [5.74, 6) is 0.981. The number of benzene rings is 1. The van der Waals surface area contributed by atoms with Crippen molar-refractivity contribution in [3.63, 3.8) is 0 Å². The lowest BCUT2D eigenvalue weighted by atomic mass is 10.1. The largest absolute Gasteiger partial charge is 0.370 e. The van der Waals surface area contributed by atoms with E-state index >= 15 is 0 Å². The molecule has 0 amide bonds. The molecular weight excluding hydrogens is 362 g/mol. The fraction of sp³-hybridized carbons (Fsp3) is 0.400. The Balaban J connectivity index is 1.48. The van der Waals surface area contributed by atoms with Gasteiger partial charge in [-0.05, 0) is 24.6 Å². The molecule has 2 N–H and O–H groups in total. The van der Waals surface area contributed by atoms with Crippen LogP contribution in [0.4, 0.5) is 5.82 Å². The van der Waals surface area contributed by atoms with Crippen molar-refractivity contribution >= 4 is 23.1 Å². The number of nitrogens with zero attached hydrogens (tertiary/aromatic N) is 3. The van der Waals surface area contributed by atoms with E-state index in [0.29, 0.717) is 0 Å². The van der Waals surface area contributed by atoms with Gasteiger partial charge in [-0.3, -0.25) is 0 Å². The molecule has 3 heterocycles. The smallest absolute Gasteiger partial charge is 0.165 e. The summed E-state index contributed by atoms with van der Waals surface area (Å²) in [6.45, 7) is 8.09. The highest BCUT2D eigenvalue weighted by Crippen LogP contribution is 2.26. The number of fused-ring (bicyclic) bond motifs is 1. The Hall–Kier alpha value is -2.15. The summed E-state index contributed by atoms with van der Waals surface area (Å²) in [6.07, 6.45) is 2.98. The molecule has 142 valence electrons. The van der Waals surface area contributed by atoms with Gasteiger partial charge in [0.15, 0.2) is 5.65 Å². The van der Waals surface area contributed by atoms with Crippen LogP contribution in [0.2, 0.25) is 5.02 Å². The lowest BCUT2D eigenvalue weighted by Crippen LogP contribution is -3.14. The van der Waals surface area contributed by atoms with Crippen LogP contribution in [0.5, 0.6) is 0 Å². The molecule has 27 heavy (non-hydrogen) atoms. The topological polar surface area (TPSA) is 55.9 Å². The Morgan fingerprint density at radius 1 is 1.22 bits per heavy atom. The Morgan fingerprint density at radius 3 is 2.78 bits per heavy atom. The number of morpholine rings is 1. The van der Waals surface area contributed by atoms with E-state index in [-0.39, 0.29) is 0 Å². The Bertz CT molecular complexity index is 903. The highest BCUT2D eigenvalue weighted by atomic mass is 35.5. The Morgan fingerprint density at radius 2 is 2.00 bits per heavy atom. The van der Waals surface area contributed by atoms with Crippen LogP contribution in [0.3, 0.4) is 0 Å². The van der Waals surface area contributed by atoms with Gasteiger partial charge in [0, 0.05) is 35.3 Å². The van der Waals surface area contributed by atoms with Crippen LogP contribution in [0.15, 0.2) is 36.5 Å². The molecule has 1 saturated heterocycles. The zero-order valence-corrected chi connectivity index (χ0v) is 16.3. The zero-order valence-electron chi connectivity index (χ0n) is 15.5. The number of nitrogens with one attached hydrogen (secondary N) is 2. The highest BCUT2D eigenvalue weighted by Gasteiger charge is 2.14. The number of hydrogen-bond donors (Lipinski definition) is 2. The number of ether oxygens (including phenoxy) is 1. The number of aryl methyl sites for hydroxylation is 1. The van der Waals surface area contributed by atoms with Crippen molar-refractivity contribution in [2.75, 3.05) is 44.7 Å². The molecule has 1 fully saturated rings. The van der Waals surface area contributed by atoms with E-state index in [1.807, 2.05) is 48.0 Å². The van der Waals surface area contributed by atoms with Crippen molar-refractivity contribution in [1.29, 1.82) is 0 Å². The summed E-state index contributed by atoms with van der Waals surface area (Å²) in [7, 11) is 0. The maximum absolute atomic E-state index is 6.01. The molecule has 2 aromatic heterocycles. The number of aromatic nitrogens is 3. The molecule has 0 bridgehead atoms. The van der Waals surface area contributed by atoms with Gasteiger partial charge in [0.25, 0.3) is 0 Å². The highest BCUT2D eigenvalue weighted by molar-refractivity contribution is 6.30. The van der Waals surface area contributed by atoms with E-state index in [1.165, 1.54) is 6.54 Å². The first-order valence-corrected chi connectivity index (χ1v) is 9.85. The third-order valence-electron chi connectivity index (χ3n) is 4.97. The molecule has 0 atom stereocenters. The summed E-state index contributed by atoms with van der Waals surface area (Å²) in [5.41, 5.74) is 3.91. The summed E-state index contributed by atoms with van der Waals surface area (Å²) >= 11 is 6.01. The average Bonchev–Trinajstić information content (AvgIpc) is 3.10. The first kappa shape index (κ1) is 18.2. The first-order chi connectivity index (χ1) is 13.2. The Kier molecular flexibility index (Phi) is 5.57. The number of hydrogen-bond acceptors (Lipinski definition) is 4. The number of quaternary nitrogens is 1.